The maximum Gasteiger partial charge on any atom is 0.231 e. The summed E-state index contributed by atoms with van der Waals surface area (Å²) in [6.07, 6.45) is 2.32. The number of aryl methyl sites for hydroxylation is 1. The molecule has 146 valence electrons. The molecule has 0 saturated carbocycles. The van der Waals surface area contributed by atoms with E-state index in [0.29, 0.717) is 6.79 Å². The molecular formula is C23H27N3O2. The molecule has 28 heavy (non-hydrogen) atoms. The van der Waals surface area contributed by atoms with Crippen LogP contribution < -0.4 is 14.8 Å². The SMILES string of the molecule is CCCCn1c(C)nc(-c2ccccc2)c1CNCc1ccc2c(c1)OCO2. The second-order valence-corrected chi connectivity index (χ2v) is 7.12. The number of hydrogen-bond acceptors (Lipinski definition) is 4. The molecule has 4 rings (SSSR count). The lowest BCUT2D eigenvalue weighted by molar-refractivity contribution is 0.174. The Kier molecular flexibility index (Phi) is 5.63. The number of nitrogens with zero attached hydrogens (tertiary/aromatic N) is 2. The lowest BCUT2D eigenvalue weighted by atomic mass is 10.1. The number of imidazole rings is 1. The highest BCUT2D eigenvalue weighted by molar-refractivity contribution is 5.62. The number of benzene rings is 2. The third-order valence-electron chi connectivity index (χ3n) is 5.10. The van der Waals surface area contributed by atoms with Gasteiger partial charge in [0.1, 0.15) is 5.82 Å². The van der Waals surface area contributed by atoms with Gasteiger partial charge in [-0.2, -0.15) is 0 Å². The summed E-state index contributed by atoms with van der Waals surface area (Å²) in [4.78, 5) is 4.89. The highest BCUT2D eigenvalue weighted by atomic mass is 16.7. The van der Waals surface area contributed by atoms with Gasteiger partial charge in [0.2, 0.25) is 6.79 Å². The van der Waals surface area contributed by atoms with Crippen molar-refractivity contribution in [2.45, 2.75) is 46.3 Å². The predicted octanol–water partition coefficient (Wildman–Crippen LogP) is 4.68. The lowest BCUT2D eigenvalue weighted by Gasteiger charge is -2.13. The third kappa shape index (κ3) is 3.90. The Morgan fingerprint density at radius 2 is 1.86 bits per heavy atom. The van der Waals surface area contributed by atoms with E-state index in [2.05, 4.69) is 54.1 Å². The Bertz CT molecular complexity index is 935. The molecule has 2 heterocycles. The summed E-state index contributed by atoms with van der Waals surface area (Å²) in [6.45, 7) is 7.17. The van der Waals surface area contributed by atoms with Crippen molar-refractivity contribution in [3.05, 3.63) is 65.6 Å². The zero-order valence-electron chi connectivity index (χ0n) is 16.6. The normalized spacial score (nSPS) is 12.5. The van der Waals surface area contributed by atoms with Crippen molar-refractivity contribution in [3.63, 3.8) is 0 Å². The third-order valence-corrected chi connectivity index (χ3v) is 5.10. The van der Waals surface area contributed by atoms with Crippen LogP contribution in [0.25, 0.3) is 11.3 Å². The molecule has 0 radical (unpaired) electrons. The van der Waals surface area contributed by atoms with Crippen LogP contribution in [0.15, 0.2) is 48.5 Å². The van der Waals surface area contributed by atoms with E-state index in [4.69, 9.17) is 14.5 Å². The lowest BCUT2D eigenvalue weighted by Crippen LogP contribution is -2.17. The molecule has 0 unspecified atom stereocenters. The van der Waals surface area contributed by atoms with E-state index in [0.717, 1.165) is 49.1 Å². The first kappa shape index (κ1) is 18.6. The summed E-state index contributed by atoms with van der Waals surface area (Å²) in [7, 11) is 0. The molecule has 0 bridgehead atoms. The van der Waals surface area contributed by atoms with Gasteiger partial charge in [0.05, 0.1) is 11.4 Å². The minimum atomic E-state index is 0.308. The number of aromatic nitrogens is 2. The van der Waals surface area contributed by atoms with E-state index in [1.54, 1.807) is 0 Å². The molecule has 1 aliphatic rings. The molecule has 3 aromatic rings. The van der Waals surface area contributed by atoms with Crippen LogP contribution in [0, 0.1) is 6.92 Å². The zero-order chi connectivity index (χ0) is 19.3. The minimum Gasteiger partial charge on any atom is -0.454 e. The molecule has 0 spiro atoms. The fourth-order valence-corrected chi connectivity index (χ4v) is 3.61. The van der Waals surface area contributed by atoms with E-state index in [9.17, 15) is 0 Å². The first-order valence-corrected chi connectivity index (χ1v) is 9.97. The van der Waals surface area contributed by atoms with Crippen LogP contribution in [0.2, 0.25) is 0 Å². The molecule has 0 atom stereocenters. The predicted molar refractivity (Wildman–Crippen MR) is 110 cm³/mol. The second kappa shape index (κ2) is 8.48. The fourth-order valence-electron chi connectivity index (χ4n) is 3.61. The topological polar surface area (TPSA) is 48.3 Å². The van der Waals surface area contributed by atoms with Crippen molar-refractivity contribution in [1.82, 2.24) is 14.9 Å². The number of fused-ring (bicyclic) bond motifs is 1. The maximum atomic E-state index is 5.48. The van der Waals surface area contributed by atoms with Crippen LogP contribution in [0.4, 0.5) is 0 Å². The van der Waals surface area contributed by atoms with E-state index in [1.807, 2.05) is 18.2 Å². The van der Waals surface area contributed by atoms with E-state index in [-0.39, 0.29) is 0 Å². The number of rotatable bonds is 8. The zero-order valence-corrected chi connectivity index (χ0v) is 16.6. The van der Waals surface area contributed by atoms with Crippen LogP contribution in [-0.4, -0.2) is 16.3 Å². The molecule has 5 nitrogen and oxygen atoms in total. The van der Waals surface area contributed by atoms with E-state index < -0.39 is 0 Å². The van der Waals surface area contributed by atoms with Crippen molar-refractivity contribution >= 4 is 0 Å². The molecule has 0 amide bonds. The van der Waals surface area contributed by atoms with Gasteiger partial charge in [-0.1, -0.05) is 49.7 Å². The molecule has 2 aromatic carbocycles. The number of nitrogens with one attached hydrogen (secondary N) is 1. The van der Waals surface area contributed by atoms with Crippen LogP contribution >= 0.6 is 0 Å². The molecule has 1 N–H and O–H groups in total. The van der Waals surface area contributed by atoms with Crippen LogP contribution in [0.3, 0.4) is 0 Å². The quantitative estimate of drug-likeness (QED) is 0.619. The Hall–Kier alpha value is -2.79. The second-order valence-electron chi connectivity index (χ2n) is 7.12. The van der Waals surface area contributed by atoms with Gasteiger partial charge in [-0.25, -0.2) is 4.98 Å². The Morgan fingerprint density at radius 1 is 1.04 bits per heavy atom. The summed E-state index contributed by atoms with van der Waals surface area (Å²) in [5, 5.41) is 3.59. The van der Waals surface area contributed by atoms with Crippen molar-refractivity contribution in [2.75, 3.05) is 6.79 Å². The van der Waals surface area contributed by atoms with Gasteiger partial charge in [-0.15, -0.1) is 0 Å². The number of hydrogen-bond donors (Lipinski definition) is 1. The first-order chi connectivity index (χ1) is 13.8. The Labute approximate surface area is 166 Å². The molecule has 1 aliphatic heterocycles. The monoisotopic (exact) mass is 377 g/mol. The van der Waals surface area contributed by atoms with Crippen molar-refractivity contribution < 1.29 is 9.47 Å². The van der Waals surface area contributed by atoms with Crippen LogP contribution in [-0.2, 0) is 19.6 Å². The summed E-state index contributed by atoms with van der Waals surface area (Å²) in [6, 6.07) is 16.6. The fraction of sp³-hybridized carbons (Fsp3) is 0.348. The van der Waals surface area contributed by atoms with E-state index >= 15 is 0 Å². The molecule has 0 saturated heterocycles. The van der Waals surface area contributed by atoms with Gasteiger partial charge in [0, 0.05) is 25.2 Å². The average molecular weight is 377 g/mol. The van der Waals surface area contributed by atoms with Gasteiger partial charge < -0.3 is 19.4 Å². The van der Waals surface area contributed by atoms with Crippen LogP contribution in [0.5, 0.6) is 11.5 Å². The Balaban J connectivity index is 1.53. The van der Waals surface area contributed by atoms with Gasteiger partial charge in [-0.3, -0.25) is 0 Å². The highest BCUT2D eigenvalue weighted by Crippen LogP contribution is 2.32. The smallest absolute Gasteiger partial charge is 0.231 e. The largest absolute Gasteiger partial charge is 0.454 e. The average Bonchev–Trinajstić information content (AvgIpc) is 3.31. The summed E-state index contributed by atoms with van der Waals surface area (Å²) >= 11 is 0. The van der Waals surface area contributed by atoms with Gasteiger partial charge in [0.15, 0.2) is 11.5 Å². The minimum absolute atomic E-state index is 0.308. The molecule has 1 aromatic heterocycles. The highest BCUT2D eigenvalue weighted by Gasteiger charge is 2.16. The van der Waals surface area contributed by atoms with E-state index in [1.165, 1.54) is 23.2 Å². The van der Waals surface area contributed by atoms with Crippen molar-refractivity contribution in [2.24, 2.45) is 0 Å². The van der Waals surface area contributed by atoms with Gasteiger partial charge >= 0.3 is 0 Å². The molecule has 0 aliphatic carbocycles. The number of unbranched alkanes of at least 4 members (excludes halogenated alkanes) is 1. The Morgan fingerprint density at radius 3 is 2.68 bits per heavy atom. The maximum absolute atomic E-state index is 5.48. The summed E-state index contributed by atoms with van der Waals surface area (Å²) in [5.74, 6) is 2.73. The van der Waals surface area contributed by atoms with Gasteiger partial charge in [-0.05, 0) is 31.0 Å². The van der Waals surface area contributed by atoms with Crippen LogP contribution in [0.1, 0.15) is 36.8 Å². The molecule has 0 fully saturated rings. The summed E-state index contributed by atoms with van der Waals surface area (Å²) < 4.78 is 13.2. The standard InChI is InChI=1S/C23H27N3O2/c1-3-4-12-26-17(2)25-23(19-8-6-5-7-9-19)20(26)15-24-14-18-10-11-21-22(13-18)28-16-27-21/h5-11,13,24H,3-4,12,14-16H2,1-2H3. The first-order valence-electron chi connectivity index (χ1n) is 9.97. The number of ether oxygens (including phenoxy) is 2. The van der Waals surface area contributed by atoms with Gasteiger partial charge in [0.25, 0.3) is 0 Å². The van der Waals surface area contributed by atoms with Crippen molar-refractivity contribution in [3.8, 4) is 22.8 Å². The molecule has 5 heteroatoms. The summed E-state index contributed by atoms with van der Waals surface area (Å²) in [5.41, 5.74) is 4.67. The van der Waals surface area contributed by atoms with Crippen molar-refractivity contribution in [1.29, 1.82) is 0 Å². The molecular weight excluding hydrogens is 350 g/mol.